The molecule has 0 aliphatic heterocycles. The number of carbonyl (C=O) groups excluding carboxylic acids is 1. The number of hydrogen-bond acceptors (Lipinski definition) is 3. The van der Waals surface area contributed by atoms with Gasteiger partial charge in [-0.05, 0) is 18.4 Å². The second kappa shape index (κ2) is 6.29. The first-order valence-corrected chi connectivity index (χ1v) is 8.17. The molecule has 3 heteroatoms. The van der Waals surface area contributed by atoms with E-state index in [4.69, 9.17) is 4.42 Å². The van der Waals surface area contributed by atoms with Crippen LogP contribution in [0.5, 0.6) is 0 Å². The monoisotopic (exact) mass is 327 g/mol. The number of rotatable bonds is 4. The second-order valence-electron chi connectivity index (χ2n) is 5.95. The van der Waals surface area contributed by atoms with Crippen molar-refractivity contribution in [2.75, 3.05) is 5.32 Å². The third kappa shape index (κ3) is 2.92. The predicted octanol–water partition coefficient (Wildman–Crippen LogP) is 5.72. The summed E-state index contributed by atoms with van der Waals surface area (Å²) in [5.41, 5.74) is 2.24. The highest BCUT2D eigenvalue weighted by atomic mass is 16.3. The van der Waals surface area contributed by atoms with Crippen molar-refractivity contribution in [3.63, 3.8) is 0 Å². The Hall–Kier alpha value is -3.33. The lowest BCUT2D eigenvalue weighted by atomic mass is 10.1. The molecule has 0 amide bonds. The van der Waals surface area contributed by atoms with Crippen LogP contribution in [0, 0.1) is 6.92 Å². The zero-order chi connectivity index (χ0) is 17.2. The number of benzene rings is 3. The summed E-state index contributed by atoms with van der Waals surface area (Å²) in [6, 6.07) is 25.2. The first-order valence-electron chi connectivity index (χ1n) is 8.17. The van der Waals surface area contributed by atoms with E-state index in [-0.39, 0.29) is 5.78 Å². The Morgan fingerprint density at radius 3 is 2.40 bits per heavy atom. The molecule has 25 heavy (non-hydrogen) atoms. The maximum atomic E-state index is 12.8. The average molecular weight is 327 g/mol. The number of ketones is 1. The number of nitrogens with one attached hydrogen (secondary N) is 1. The fourth-order valence-electron chi connectivity index (χ4n) is 2.98. The van der Waals surface area contributed by atoms with Gasteiger partial charge in [-0.2, -0.15) is 0 Å². The van der Waals surface area contributed by atoms with E-state index in [1.807, 2.05) is 55.5 Å². The quantitative estimate of drug-likeness (QED) is 0.488. The smallest absolute Gasteiger partial charge is 0.230 e. The molecule has 0 saturated carbocycles. The van der Waals surface area contributed by atoms with E-state index in [9.17, 15) is 4.79 Å². The van der Waals surface area contributed by atoms with E-state index in [1.54, 1.807) is 12.1 Å². The van der Waals surface area contributed by atoms with Crippen LogP contribution in [0.2, 0.25) is 0 Å². The Balaban J connectivity index is 1.75. The summed E-state index contributed by atoms with van der Waals surface area (Å²) >= 11 is 0. The summed E-state index contributed by atoms with van der Waals surface area (Å²) in [5, 5.41) is 5.61. The highest BCUT2D eigenvalue weighted by molar-refractivity contribution is 6.11. The van der Waals surface area contributed by atoms with Gasteiger partial charge in [0.05, 0.1) is 5.69 Å². The zero-order valence-electron chi connectivity index (χ0n) is 13.8. The van der Waals surface area contributed by atoms with E-state index in [1.165, 1.54) is 0 Å². The molecule has 0 radical (unpaired) electrons. The van der Waals surface area contributed by atoms with Crippen LogP contribution in [0.1, 0.15) is 21.9 Å². The van der Waals surface area contributed by atoms with E-state index in [0.717, 1.165) is 16.5 Å². The van der Waals surface area contributed by atoms with Crippen LogP contribution in [0.25, 0.3) is 10.8 Å². The van der Waals surface area contributed by atoms with Crippen LogP contribution in [-0.4, -0.2) is 5.78 Å². The van der Waals surface area contributed by atoms with Crippen molar-refractivity contribution >= 4 is 27.9 Å². The summed E-state index contributed by atoms with van der Waals surface area (Å²) in [7, 11) is 0. The molecule has 0 unspecified atom stereocenters. The number of aryl methyl sites for hydroxylation is 1. The molecule has 3 nitrogen and oxygen atoms in total. The standard InChI is InChI=1S/C22H17NO2/c1-15-14-20(22(25-15)21(24)17-9-3-2-4-10-17)23-19-13-7-11-16-8-5-6-12-18(16)19/h2-14,23H,1H3. The lowest BCUT2D eigenvalue weighted by Crippen LogP contribution is -2.03. The van der Waals surface area contributed by atoms with E-state index >= 15 is 0 Å². The van der Waals surface area contributed by atoms with Gasteiger partial charge in [-0.1, -0.05) is 66.7 Å². The van der Waals surface area contributed by atoms with Crippen molar-refractivity contribution in [3.05, 3.63) is 95.9 Å². The van der Waals surface area contributed by atoms with E-state index in [2.05, 4.69) is 23.5 Å². The van der Waals surface area contributed by atoms with Crippen molar-refractivity contribution in [1.29, 1.82) is 0 Å². The number of hydrogen-bond donors (Lipinski definition) is 1. The molecule has 1 N–H and O–H groups in total. The molecule has 1 aromatic heterocycles. The van der Waals surface area contributed by atoms with Crippen molar-refractivity contribution in [3.8, 4) is 0 Å². The predicted molar refractivity (Wildman–Crippen MR) is 101 cm³/mol. The molecule has 0 aliphatic carbocycles. The summed E-state index contributed by atoms with van der Waals surface area (Å²) < 4.78 is 5.70. The van der Waals surface area contributed by atoms with E-state index in [0.29, 0.717) is 22.8 Å². The first-order chi connectivity index (χ1) is 12.2. The molecule has 122 valence electrons. The van der Waals surface area contributed by atoms with Crippen LogP contribution >= 0.6 is 0 Å². The van der Waals surface area contributed by atoms with Crippen molar-refractivity contribution in [1.82, 2.24) is 0 Å². The van der Waals surface area contributed by atoms with Gasteiger partial charge in [-0.25, -0.2) is 0 Å². The fourth-order valence-corrected chi connectivity index (χ4v) is 2.98. The summed E-state index contributed by atoms with van der Waals surface area (Å²) in [4.78, 5) is 12.8. The first kappa shape index (κ1) is 15.2. The highest BCUT2D eigenvalue weighted by Gasteiger charge is 2.19. The van der Waals surface area contributed by atoms with Crippen LogP contribution in [-0.2, 0) is 0 Å². The Morgan fingerprint density at radius 1 is 0.840 bits per heavy atom. The van der Waals surface area contributed by atoms with Crippen LogP contribution < -0.4 is 5.32 Å². The van der Waals surface area contributed by atoms with E-state index < -0.39 is 0 Å². The molecular weight excluding hydrogens is 310 g/mol. The van der Waals surface area contributed by atoms with Crippen molar-refractivity contribution in [2.24, 2.45) is 0 Å². The molecule has 4 rings (SSSR count). The van der Waals surface area contributed by atoms with Gasteiger partial charge in [-0.3, -0.25) is 4.79 Å². The Bertz CT molecular complexity index is 1040. The molecule has 4 aromatic rings. The molecule has 0 atom stereocenters. The SMILES string of the molecule is Cc1cc(Nc2cccc3ccccc23)c(C(=O)c2ccccc2)o1. The Kier molecular flexibility index (Phi) is 3.82. The lowest BCUT2D eigenvalue weighted by Gasteiger charge is -2.09. The minimum atomic E-state index is -0.128. The molecular formula is C22H17NO2. The van der Waals surface area contributed by atoms with Gasteiger partial charge in [-0.15, -0.1) is 0 Å². The topological polar surface area (TPSA) is 42.2 Å². The van der Waals surface area contributed by atoms with Gasteiger partial charge in [0.2, 0.25) is 5.78 Å². The van der Waals surface area contributed by atoms with Gasteiger partial charge in [0, 0.05) is 22.7 Å². The van der Waals surface area contributed by atoms with Gasteiger partial charge >= 0.3 is 0 Å². The molecule has 0 fully saturated rings. The molecule has 0 bridgehead atoms. The third-order valence-electron chi connectivity index (χ3n) is 4.16. The van der Waals surface area contributed by atoms with Crippen LogP contribution in [0.4, 0.5) is 11.4 Å². The highest BCUT2D eigenvalue weighted by Crippen LogP contribution is 2.30. The lowest BCUT2D eigenvalue weighted by molar-refractivity contribution is 0.101. The fraction of sp³-hybridized carbons (Fsp3) is 0.0455. The number of furan rings is 1. The summed E-state index contributed by atoms with van der Waals surface area (Å²) in [5.74, 6) is 0.898. The van der Waals surface area contributed by atoms with Gasteiger partial charge < -0.3 is 9.73 Å². The normalized spacial score (nSPS) is 10.8. The Labute approximate surface area is 145 Å². The van der Waals surface area contributed by atoms with Crippen molar-refractivity contribution < 1.29 is 9.21 Å². The summed E-state index contributed by atoms with van der Waals surface area (Å²) in [6.45, 7) is 1.84. The molecule has 0 aliphatic rings. The number of anilines is 2. The molecule has 3 aromatic carbocycles. The summed E-state index contributed by atoms with van der Waals surface area (Å²) in [6.07, 6.45) is 0. The second-order valence-corrected chi connectivity index (χ2v) is 5.95. The maximum Gasteiger partial charge on any atom is 0.230 e. The number of carbonyl (C=O) groups is 1. The molecule has 0 spiro atoms. The van der Waals surface area contributed by atoms with Gasteiger partial charge in [0.1, 0.15) is 5.76 Å². The van der Waals surface area contributed by atoms with Crippen LogP contribution in [0.3, 0.4) is 0 Å². The average Bonchev–Trinajstić information content (AvgIpc) is 3.02. The molecule has 0 saturated heterocycles. The van der Waals surface area contributed by atoms with Gasteiger partial charge in [0.25, 0.3) is 0 Å². The minimum Gasteiger partial charge on any atom is -0.456 e. The molecule has 1 heterocycles. The third-order valence-corrected chi connectivity index (χ3v) is 4.16. The Morgan fingerprint density at radius 2 is 1.56 bits per heavy atom. The maximum absolute atomic E-state index is 12.8. The van der Waals surface area contributed by atoms with Crippen molar-refractivity contribution in [2.45, 2.75) is 6.92 Å². The van der Waals surface area contributed by atoms with Crippen LogP contribution in [0.15, 0.2) is 83.3 Å². The zero-order valence-corrected chi connectivity index (χ0v) is 13.8. The van der Waals surface area contributed by atoms with Gasteiger partial charge in [0.15, 0.2) is 5.76 Å². The largest absolute Gasteiger partial charge is 0.456 e. The minimum absolute atomic E-state index is 0.128. The number of fused-ring (bicyclic) bond motifs is 1.